The quantitative estimate of drug-likeness (QED) is 0.150. The Morgan fingerprint density at radius 1 is 0.974 bits per heavy atom. The number of nitrogens with one attached hydrogen (secondary N) is 2. The van der Waals surface area contributed by atoms with Gasteiger partial charge in [-0.25, -0.2) is 4.98 Å². The summed E-state index contributed by atoms with van der Waals surface area (Å²) in [4.78, 5) is 16.9. The van der Waals surface area contributed by atoms with E-state index in [0.29, 0.717) is 66.1 Å². The van der Waals surface area contributed by atoms with Crippen molar-refractivity contribution in [2.75, 3.05) is 12.4 Å². The molecular weight excluding hydrogens is 581 g/mol. The van der Waals surface area contributed by atoms with Crippen LogP contribution < -0.4 is 15.4 Å². The molecule has 196 valence electrons. The number of rotatable bonds is 6. The number of hydrogen-bond acceptors (Lipinski definition) is 6. The standard InChI is InChI=1S/C28H18Cl3N3O4S/c1-36-24-8-2-15(12-21(24)31)27-33-22-14-17(4-9-25(22)38-27)32-28(39)34-26(35)11-6-18-5-10-23(37-18)19-7-3-16(29)13-20(19)30/h2-14H,1H3,(H2,32,34,35,39)/b11-6+. The topological polar surface area (TPSA) is 89.5 Å². The van der Waals surface area contributed by atoms with Crippen LogP contribution in [-0.2, 0) is 4.79 Å². The van der Waals surface area contributed by atoms with Crippen LogP contribution in [0.2, 0.25) is 15.1 Å². The second-order valence-corrected chi connectivity index (χ2v) is 9.81. The maximum absolute atomic E-state index is 12.4. The van der Waals surface area contributed by atoms with Crippen LogP contribution in [0.25, 0.3) is 40.0 Å². The minimum Gasteiger partial charge on any atom is -0.495 e. The zero-order chi connectivity index (χ0) is 27.5. The van der Waals surface area contributed by atoms with Crippen molar-refractivity contribution in [1.29, 1.82) is 0 Å². The van der Waals surface area contributed by atoms with Gasteiger partial charge in [-0.1, -0.05) is 34.8 Å². The Hall–Kier alpha value is -3.82. The van der Waals surface area contributed by atoms with Gasteiger partial charge in [0.1, 0.15) is 22.8 Å². The molecule has 0 saturated carbocycles. The predicted molar refractivity (Wildman–Crippen MR) is 159 cm³/mol. The number of hydrogen-bond donors (Lipinski definition) is 2. The molecule has 0 aliphatic rings. The van der Waals surface area contributed by atoms with Crippen molar-refractivity contribution >= 4 is 80.9 Å². The number of fused-ring (bicyclic) bond motifs is 1. The monoisotopic (exact) mass is 597 g/mol. The molecule has 0 unspecified atom stereocenters. The smallest absolute Gasteiger partial charge is 0.250 e. The molecule has 39 heavy (non-hydrogen) atoms. The molecule has 5 aromatic rings. The lowest BCUT2D eigenvalue weighted by Crippen LogP contribution is -2.32. The van der Waals surface area contributed by atoms with Crippen LogP contribution in [0, 0.1) is 0 Å². The van der Waals surface area contributed by atoms with Crippen molar-refractivity contribution in [2.45, 2.75) is 0 Å². The van der Waals surface area contributed by atoms with E-state index in [-0.39, 0.29) is 5.11 Å². The summed E-state index contributed by atoms with van der Waals surface area (Å²) in [7, 11) is 1.55. The van der Waals surface area contributed by atoms with Crippen molar-refractivity contribution < 1.29 is 18.4 Å². The number of anilines is 1. The summed E-state index contributed by atoms with van der Waals surface area (Å²) in [5.74, 6) is 1.55. The summed E-state index contributed by atoms with van der Waals surface area (Å²) in [6, 6.07) is 19.1. The van der Waals surface area contributed by atoms with E-state index in [1.165, 1.54) is 12.2 Å². The van der Waals surface area contributed by atoms with Gasteiger partial charge in [-0.05, 0) is 85.0 Å². The molecule has 2 aromatic heterocycles. The number of benzene rings is 3. The van der Waals surface area contributed by atoms with Gasteiger partial charge in [-0.15, -0.1) is 0 Å². The summed E-state index contributed by atoms with van der Waals surface area (Å²) in [6.45, 7) is 0. The summed E-state index contributed by atoms with van der Waals surface area (Å²) >= 11 is 23.7. The maximum Gasteiger partial charge on any atom is 0.250 e. The van der Waals surface area contributed by atoms with Crippen molar-refractivity contribution in [3.63, 3.8) is 0 Å². The molecule has 0 fully saturated rings. The Kier molecular flexibility index (Phi) is 7.90. The van der Waals surface area contributed by atoms with E-state index in [4.69, 9.17) is 60.6 Å². The molecule has 11 heteroatoms. The average Bonchev–Trinajstić information content (AvgIpc) is 3.54. The third-order valence-corrected chi connectivity index (χ3v) is 6.55. The molecule has 0 saturated heterocycles. The third kappa shape index (κ3) is 6.26. The van der Waals surface area contributed by atoms with Crippen LogP contribution in [0.1, 0.15) is 5.76 Å². The Labute approximate surface area is 243 Å². The van der Waals surface area contributed by atoms with E-state index in [0.717, 1.165) is 0 Å². The highest BCUT2D eigenvalue weighted by atomic mass is 35.5. The number of carbonyl (C=O) groups is 1. The van der Waals surface area contributed by atoms with Gasteiger partial charge >= 0.3 is 0 Å². The first-order valence-electron chi connectivity index (χ1n) is 11.4. The van der Waals surface area contributed by atoms with E-state index in [1.807, 2.05) is 6.07 Å². The molecule has 0 radical (unpaired) electrons. The second-order valence-electron chi connectivity index (χ2n) is 8.15. The normalized spacial score (nSPS) is 11.2. The van der Waals surface area contributed by atoms with Gasteiger partial charge in [0.15, 0.2) is 10.7 Å². The minimum atomic E-state index is -0.434. The minimum absolute atomic E-state index is 0.114. The van der Waals surface area contributed by atoms with Gasteiger partial charge in [-0.2, -0.15) is 0 Å². The highest BCUT2D eigenvalue weighted by molar-refractivity contribution is 7.80. The lowest BCUT2D eigenvalue weighted by Gasteiger charge is -2.07. The highest BCUT2D eigenvalue weighted by Gasteiger charge is 2.12. The number of amides is 1. The van der Waals surface area contributed by atoms with Crippen molar-refractivity contribution in [3.05, 3.63) is 93.6 Å². The Bertz CT molecular complexity index is 1750. The first kappa shape index (κ1) is 26.8. The van der Waals surface area contributed by atoms with Gasteiger partial charge < -0.3 is 18.9 Å². The molecule has 0 atom stereocenters. The van der Waals surface area contributed by atoms with Gasteiger partial charge in [-0.3, -0.25) is 10.1 Å². The Morgan fingerprint density at radius 3 is 2.59 bits per heavy atom. The number of nitrogens with zero attached hydrogens (tertiary/aromatic N) is 1. The molecule has 0 bridgehead atoms. The zero-order valence-electron chi connectivity index (χ0n) is 20.1. The number of oxazole rings is 1. The number of thiocarbonyl (C=S) groups is 1. The fourth-order valence-corrected chi connectivity index (χ4v) is 4.66. The SMILES string of the molecule is COc1ccc(-c2nc3cc(NC(=S)NC(=O)/C=C/c4ccc(-c5ccc(Cl)cc5Cl)o4)ccc3o2)cc1Cl. The molecule has 2 heterocycles. The number of halogens is 3. The predicted octanol–water partition coefficient (Wildman–Crippen LogP) is 8.25. The largest absolute Gasteiger partial charge is 0.495 e. The van der Waals surface area contributed by atoms with Crippen molar-refractivity contribution in [3.8, 4) is 28.5 Å². The van der Waals surface area contributed by atoms with E-state index in [1.54, 1.807) is 67.8 Å². The van der Waals surface area contributed by atoms with Gasteiger partial charge in [0.25, 0.3) is 0 Å². The fourth-order valence-electron chi connectivity index (χ4n) is 3.68. The number of furan rings is 1. The zero-order valence-corrected chi connectivity index (χ0v) is 23.2. The van der Waals surface area contributed by atoms with Gasteiger partial charge in [0.05, 0.1) is 17.2 Å². The summed E-state index contributed by atoms with van der Waals surface area (Å²) in [6.07, 6.45) is 2.84. The number of methoxy groups -OCH3 is 1. The summed E-state index contributed by atoms with van der Waals surface area (Å²) in [5.41, 5.74) is 3.21. The van der Waals surface area contributed by atoms with Crippen LogP contribution in [0.5, 0.6) is 5.75 Å². The van der Waals surface area contributed by atoms with Crippen molar-refractivity contribution in [1.82, 2.24) is 10.3 Å². The second kappa shape index (κ2) is 11.5. The first-order valence-corrected chi connectivity index (χ1v) is 12.9. The number of aromatic nitrogens is 1. The maximum atomic E-state index is 12.4. The van der Waals surface area contributed by atoms with Crippen LogP contribution in [-0.4, -0.2) is 23.1 Å². The molecule has 0 aliphatic heterocycles. The van der Waals surface area contributed by atoms with Crippen LogP contribution in [0.15, 0.2) is 81.6 Å². The lowest BCUT2D eigenvalue weighted by molar-refractivity contribution is -0.115. The molecular formula is C28H18Cl3N3O4S. The van der Waals surface area contributed by atoms with Crippen LogP contribution in [0.4, 0.5) is 5.69 Å². The van der Waals surface area contributed by atoms with Gasteiger partial charge in [0.2, 0.25) is 11.8 Å². The van der Waals surface area contributed by atoms with Crippen LogP contribution in [0.3, 0.4) is 0 Å². The first-order chi connectivity index (χ1) is 18.8. The molecule has 3 aromatic carbocycles. The van der Waals surface area contributed by atoms with Gasteiger partial charge in [0, 0.05) is 27.9 Å². The molecule has 0 aliphatic carbocycles. The molecule has 2 N–H and O–H groups in total. The molecule has 1 amide bonds. The highest BCUT2D eigenvalue weighted by Crippen LogP contribution is 2.33. The summed E-state index contributed by atoms with van der Waals surface area (Å²) in [5, 5.41) is 7.12. The van der Waals surface area contributed by atoms with Crippen molar-refractivity contribution in [2.24, 2.45) is 0 Å². The number of ether oxygens (including phenoxy) is 1. The lowest BCUT2D eigenvalue weighted by atomic mass is 10.2. The Balaban J connectivity index is 1.21. The van der Waals surface area contributed by atoms with E-state index < -0.39 is 5.91 Å². The Morgan fingerprint density at radius 2 is 1.82 bits per heavy atom. The molecule has 7 nitrogen and oxygen atoms in total. The summed E-state index contributed by atoms with van der Waals surface area (Å²) < 4.78 is 16.8. The fraction of sp³-hybridized carbons (Fsp3) is 0.0357. The van der Waals surface area contributed by atoms with Crippen LogP contribution >= 0.6 is 47.0 Å². The molecule has 5 rings (SSSR count). The number of carbonyl (C=O) groups excluding carboxylic acids is 1. The average molecular weight is 599 g/mol. The third-order valence-electron chi connectivity index (χ3n) is 5.50. The van der Waals surface area contributed by atoms with E-state index in [2.05, 4.69) is 15.6 Å². The van der Waals surface area contributed by atoms with E-state index >= 15 is 0 Å². The molecule has 0 spiro atoms. The van der Waals surface area contributed by atoms with E-state index in [9.17, 15) is 4.79 Å².